The molecule has 2 aromatic rings. The Kier molecular flexibility index (Phi) is 3.70. The van der Waals surface area contributed by atoms with Crippen molar-refractivity contribution in [1.29, 1.82) is 0 Å². The lowest BCUT2D eigenvalue weighted by molar-refractivity contribution is -0.143. The predicted octanol–water partition coefficient (Wildman–Crippen LogP) is -0.693. The molecule has 2 N–H and O–H groups in total. The maximum atomic E-state index is 12.1. The number of aromatic nitrogens is 3. The number of esters is 1. The largest absolute Gasteiger partial charge is 0.465 e. The number of aromatic amines is 2. The zero-order chi connectivity index (χ0) is 13.8. The summed E-state index contributed by atoms with van der Waals surface area (Å²) in [6.07, 6.45) is 3.43. The van der Waals surface area contributed by atoms with E-state index in [1.807, 2.05) is 12.1 Å². The summed E-state index contributed by atoms with van der Waals surface area (Å²) < 4.78 is 6.07. The van der Waals surface area contributed by atoms with Gasteiger partial charge in [-0.3, -0.25) is 14.2 Å². The van der Waals surface area contributed by atoms with E-state index in [1.165, 1.54) is 4.57 Å². The molecule has 0 unspecified atom stereocenters. The molecule has 2 aromatic heterocycles. The third-order valence-electron chi connectivity index (χ3n) is 2.59. The van der Waals surface area contributed by atoms with Crippen LogP contribution in [0, 0.1) is 0 Å². The topological polar surface area (TPSA) is 79.9 Å². The van der Waals surface area contributed by atoms with E-state index >= 15 is 0 Å². The van der Waals surface area contributed by atoms with E-state index in [-0.39, 0.29) is 18.7 Å². The molecule has 100 valence electrons. The normalized spacial score (nSPS) is 11.7. The maximum absolute atomic E-state index is 12.1. The number of imidazole rings is 1. The van der Waals surface area contributed by atoms with E-state index in [0.29, 0.717) is 10.8 Å². The van der Waals surface area contributed by atoms with Crippen LogP contribution in [0.15, 0.2) is 23.1 Å². The van der Waals surface area contributed by atoms with Crippen LogP contribution in [0.4, 0.5) is 0 Å². The molecule has 0 radical (unpaired) electrons. The lowest BCUT2D eigenvalue weighted by atomic mass is 10.4. The van der Waals surface area contributed by atoms with Crippen LogP contribution < -0.4 is 16.4 Å². The quantitative estimate of drug-likeness (QED) is 0.715. The van der Waals surface area contributed by atoms with E-state index in [2.05, 4.69) is 16.5 Å². The molecule has 0 aliphatic heterocycles. The first kappa shape index (κ1) is 12.9. The minimum absolute atomic E-state index is 0.138. The second-order valence-electron chi connectivity index (χ2n) is 3.95. The Balaban J connectivity index is 2.38. The molecule has 6 heteroatoms. The summed E-state index contributed by atoms with van der Waals surface area (Å²) in [5.41, 5.74) is 0.866. The van der Waals surface area contributed by atoms with Gasteiger partial charge in [0.25, 0.3) is 5.56 Å². The third-order valence-corrected chi connectivity index (χ3v) is 2.59. The molecule has 0 amide bonds. The molecular weight excluding hydrogens is 246 g/mol. The molecule has 6 nitrogen and oxygen atoms in total. The SMILES string of the molecule is C=c1[nH]/c(=C\c2ccc[nH]2)c(=O)n1CC(=O)OCC. The van der Waals surface area contributed by atoms with Gasteiger partial charge in [-0.1, -0.05) is 6.58 Å². The van der Waals surface area contributed by atoms with Crippen molar-refractivity contribution in [2.45, 2.75) is 13.5 Å². The monoisotopic (exact) mass is 261 g/mol. The van der Waals surface area contributed by atoms with Gasteiger partial charge in [0.05, 0.1) is 6.61 Å². The highest BCUT2D eigenvalue weighted by molar-refractivity contribution is 5.69. The van der Waals surface area contributed by atoms with Crippen LogP contribution in [0.25, 0.3) is 12.7 Å². The first-order chi connectivity index (χ1) is 9.11. The summed E-state index contributed by atoms with van der Waals surface area (Å²) in [6.45, 7) is 5.57. The highest BCUT2D eigenvalue weighted by Gasteiger charge is 2.08. The van der Waals surface area contributed by atoms with Gasteiger partial charge in [0.2, 0.25) is 0 Å². The second-order valence-corrected chi connectivity index (χ2v) is 3.95. The van der Waals surface area contributed by atoms with Crippen molar-refractivity contribution in [3.05, 3.63) is 45.2 Å². The van der Waals surface area contributed by atoms with E-state index in [9.17, 15) is 9.59 Å². The summed E-state index contributed by atoms with van der Waals surface area (Å²) >= 11 is 0. The minimum atomic E-state index is -0.458. The second kappa shape index (κ2) is 5.43. The fraction of sp³-hybridized carbons (Fsp3) is 0.231. The fourth-order valence-corrected chi connectivity index (χ4v) is 1.73. The van der Waals surface area contributed by atoms with Crippen molar-refractivity contribution in [2.75, 3.05) is 6.61 Å². The maximum Gasteiger partial charge on any atom is 0.326 e. The molecule has 0 saturated heterocycles. The van der Waals surface area contributed by atoms with Gasteiger partial charge < -0.3 is 14.7 Å². The van der Waals surface area contributed by atoms with Crippen LogP contribution in [0.5, 0.6) is 0 Å². The number of nitrogens with one attached hydrogen (secondary N) is 2. The van der Waals surface area contributed by atoms with Crippen LogP contribution in [0.2, 0.25) is 0 Å². The van der Waals surface area contributed by atoms with Gasteiger partial charge in [0.1, 0.15) is 17.4 Å². The molecule has 19 heavy (non-hydrogen) atoms. The first-order valence-corrected chi connectivity index (χ1v) is 5.90. The van der Waals surface area contributed by atoms with Crippen LogP contribution in [0.3, 0.4) is 0 Å². The standard InChI is InChI=1S/C13H15N3O3/c1-3-19-12(17)8-16-9(2)15-11(13(16)18)7-10-5-4-6-14-10/h4-7,14-15H,2-3,8H2,1H3/b11-7-. The average Bonchev–Trinajstić information content (AvgIpc) is 2.95. The zero-order valence-corrected chi connectivity index (χ0v) is 10.6. The number of H-pyrrole nitrogens is 2. The molecule has 0 fully saturated rings. The number of rotatable bonds is 4. The van der Waals surface area contributed by atoms with Gasteiger partial charge in [-0.05, 0) is 25.1 Å². The van der Waals surface area contributed by atoms with Gasteiger partial charge >= 0.3 is 5.97 Å². The number of carbonyl (C=O) groups excluding carboxylic acids is 1. The van der Waals surface area contributed by atoms with Crippen molar-refractivity contribution in [3.8, 4) is 0 Å². The van der Waals surface area contributed by atoms with Crippen molar-refractivity contribution in [3.63, 3.8) is 0 Å². The van der Waals surface area contributed by atoms with Gasteiger partial charge in [0.15, 0.2) is 0 Å². The first-order valence-electron chi connectivity index (χ1n) is 5.90. The lowest BCUT2D eigenvalue weighted by Gasteiger charge is -2.01. The van der Waals surface area contributed by atoms with Crippen molar-refractivity contribution in [1.82, 2.24) is 14.5 Å². The number of nitrogens with zero attached hydrogens (tertiary/aromatic N) is 1. The predicted molar refractivity (Wildman–Crippen MR) is 70.8 cm³/mol. The lowest BCUT2D eigenvalue weighted by Crippen LogP contribution is -2.34. The summed E-state index contributed by atoms with van der Waals surface area (Å²) in [6, 6.07) is 3.66. The highest BCUT2D eigenvalue weighted by atomic mass is 16.5. The summed E-state index contributed by atoms with van der Waals surface area (Å²) in [4.78, 5) is 29.3. The van der Waals surface area contributed by atoms with Gasteiger partial charge in [-0.25, -0.2) is 0 Å². The van der Waals surface area contributed by atoms with E-state index in [0.717, 1.165) is 5.69 Å². The fourth-order valence-electron chi connectivity index (χ4n) is 1.73. The smallest absolute Gasteiger partial charge is 0.326 e. The molecule has 2 heterocycles. The van der Waals surface area contributed by atoms with Crippen LogP contribution in [0.1, 0.15) is 12.6 Å². The Morgan fingerprint density at radius 1 is 1.58 bits per heavy atom. The van der Waals surface area contributed by atoms with Gasteiger partial charge in [-0.2, -0.15) is 0 Å². The van der Waals surface area contributed by atoms with Crippen molar-refractivity contribution >= 4 is 18.6 Å². The minimum Gasteiger partial charge on any atom is -0.465 e. The highest BCUT2D eigenvalue weighted by Crippen LogP contribution is 1.92. The van der Waals surface area contributed by atoms with Crippen molar-refractivity contribution < 1.29 is 9.53 Å². The molecule has 0 aromatic carbocycles. The number of ether oxygens (including phenoxy) is 1. The zero-order valence-electron chi connectivity index (χ0n) is 10.6. The molecule has 0 aliphatic carbocycles. The van der Waals surface area contributed by atoms with E-state index in [1.54, 1.807) is 19.2 Å². The van der Waals surface area contributed by atoms with E-state index < -0.39 is 5.97 Å². The Labute approximate surface area is 109 Å². The molecule has 0 bridgehead atoms. The average molecular weight is 261 g/mol. The summed E-state index contributed by atoms with van der Waals surface area (Å²) in [5.74, 6) is -0.458. The third kappa shape index (κ3) is 2.85. The summed E-state index contributed by atoms with van der Waals surface area (Å²) in [5, 5.41) is 0.372. The Bertz CT molecular complexity index is 722. The number of hydrogen-bond donors (Lipinski definition) is 2. The Hall–Kier alpha value is -2.50. The molecule has 0 saturated carbocycles. The molecule has 0 aliphatic rings. The summed E-state index contributed by atoms with van der Waals surface area (Å²) in [7, 11) is 0. The van der Waals surface area contributed by atoms with Gasteiger partial charge in [0, 0.05) is 11.9 Å². The van der Waals surface area contributed by atoms with E-state index in [4.69, 9.17) is 4.74 Å². The number of carbonyl (C=O) groups is 1. The molecule has 0 atom stereocenters. The van der Waals surface area contributed by atoms with Crippen LogP contribution in [-0.4, -0.2) is 27.1 Å². The van der Waals surface area contributed by atoms with Crippen LogP contribution in [-0.2, 0) is 16.1 Å². The Morgan fingerprint density at radius 2 is 2.37 bits per heavy atom. The van der Waals surface area contributed by atoms with Crippen molar-refractivity contribution in [2.24, 2.45) is 0 Å². The number of hydrogen-bond acceptors (Lipinski definition) is 3. The van der Waals surface area contributed by atoms with Gasteiger partial charge in [-0.15, -0.1) is 0 Å². The Morgan fingerprint density at radius 3 is 3.00 bits per heavy atom. The molecular formula is C13H15N3O3. The molecule has 2 rings (SSSR count). The molecule has 0 spiro atoms. The van der Waals surface area contributed by atoms with Crippen LogP contribution >= 0.6 is 0 Å².